The molecule has 0 amide bonds. The monoisotopic (exact) mass is 218 g/mol. The normalized spacial score (nSPS) is 54.2. The summed E-state index contributed by atoms with van der Waals surface area (Å²) >= 11 is 0. The lowest BCUT2D eigenvalue weighted by molar-refractivity contribution is -0.131. The molecular weight excluding hydrogens is 200 g/mol. The summed E-state index contributed by atoms with van der Waals surface area (Å²) in [5.74, 6) is 2.16. The highest BCUT2D eigenvalue weighted by molar-refractivity contribution is 5.93. The van der Waals surface area contributed by atoms with Gasteiger partial charge in [-0.15, -0.1) is 0 Å². The SMILES string of the molecule is O=C1C[C@@H]2C[C@@H]3CCC[C@@]34C(=O)CC[C@@]24C1. The summed E-state index contributed by atoms with van der Waals surface area (Å²) in [6.07, 6.45) is 8.06. The Morgan fingerprint density at radius 2 is 2.00 bits per heavy atom. The van der Waals surface area contributed by atoms with Gasteiger partial charge in [0.15, 0.2) is 0 Å². The van der Waals surface area contributed by atoms with Gasteiger partial charge in [0.05, 0.1) is 0 Å². The van der Waals surface area contributed by atoms with Crippen LogP contribution in [0, 0.1) is 22.7 Å². The van der Waals surface area contributed by atoms with E-state index in [0.717, 1.165) is 32.1 Å². The van der Waals surface area contributed by atoms with Gasteiger partial charge in [-0.25, -0.2) is 0 Å². The summed E-state index contributed by atoms with van der Waals surface area (Å²) < 4.78 is 0. The second kappa shape index (κ2) is 2.60. The van der Waals surface area contributed by atoms with Gasteiger partial charge in [-0.2, -0.15) is 0 Å². The molecule has 0 unspecified atom stereocenters. The highest BCUT2D eigenvalue weighted by Crippen LogP contribution is 2.75. The van der Waals surface area contributed by atoms with Crippen LogP contribution in [0.5, 0.6) is 0 Å². The molecule has 2 nitrogen and oxygen atoms in total. The van der Waals surface area contributed by atoms with Crippen molar-refractivity contribution >= 4 is 11.6 Å². The number of Topliss-reactive ketones (excluding diaryl/α,β-unsaturated/α-hetero) is 2. The lowest BCUT2D eigenvalue weighted by Crippen LogP contribution is -2.40. The molecule has 4 aliphatic rings. The van der Waals surface area contributed by atoms with E-state index in [1.54, 1.807) is 0 Å². The summed E-state index contributed by atoms with van der Waals surface area (Å²) in [4.78, 5) is 24.2. The third-order valence-corrected chi connectivity index (χ3v) is 6.34. The first-order valence-corrected chi connectivity index (χ1v) is 6.74. The second-order valence-corrected chi connectivity index (χ2v) is 6.49. The molecule has 2 spiro atoms. The van der Waals surface area contributed by atoms with Crippen LogP contribution in [0.1, 0.15) is 51.4 Å². The van der Waals surface area contributed by atoms with Crippen LogP contribution < -0.4 is 0 Å². The molecule has 0 aromatic heterocycles. The Kier molecular flexibility index (Phi) is 1.52. The molecule has 4 saturated carbocycles. The number of hydrogen-bond acceptors (Lipinski definition) is 2. The molecule has 16 heavy (non-hydrogen) atoms. The maximum atomic E-state index is 12.4. The van der Waals surface area contributed by atoms with Crippen molar-refractivity contribution in [3.05, 3.63) is 0 Å². The predicted molar refractivity (Wildman–Crippen MR) is 58.8 cm³/mol. The second-order valence-electron chi connectivity index (χ2n) is 6.49. The van der Waals surface area contributed by atoms with E-state index < -0.39 is 0 Å². The summed E-state index contributed by atoms with van der Waals surface area (Å²) in [6, 6.07) is 0. The Labute approximate surface area is 95.8 Å². The Bertz CT molecular complexity index is 400. The van der Waals surface area contributed by atoms with Crippen molar-refractivity contribution in [1.29, 1.82) is 0 Å². The molecule has 2 heteroatoms. The van der Waals surface area contributed by atoms with Gasteiger partial charge in [0.25, 0.3) is 0 Å². The molecule has 0 aromatic rings. The standard InChI is InChI=1S/C14H18O2/c15-11-7-10-6-9-2-1-4-14(9)12(16)3-5-13(10,14)8-11/h9-10H,1-8H2/t9-,10-,13+,14-/m0/s1. The summed E-state index contributed by atoms with van der Waals surface area (Å²) in [5, 5.41) is 0. The summed E-state index contributed by atoms with van der Waals surface area (Å²) in [6.45, 7) is 0. The Hall–Kier alpha value is -0.660. The molecule has 4 rings (SSSR count). The van der Waals surface area contributed by atoms with Crippen molar-refractivity contribution in [1.82, 2.24) is 0 Å². The van der Waals surface area contributed by atoms with Crippen LogP contribution in [-0.4, -0.2) is 11.6 Å². The van der Waals surface area contributed by atoms with Crippen molar-refractivity contribution < 1.29 is 9.59 Å². The fourth-order valence-electron chi connectivity index (χ4n) is 5.99. The molecule has 0 heterocycles. The van der Waals surface area contributed by atoms with Gasteiger partial charge in [-0.05, 0) is 42.9 Å². The van der Waals surface area contributed by atoms with Crippen LogP contribution >= 0.6 is 0 Å². The first-order chi connectivity index (χ1) is 7.69. The maximum Gasteiger partial charge on any atom is 0.139 e. The topological polar surface area (TPSA) is 34.1 Å². The minimum Gasteiger partial charge on any atom is -0.300 e. The van der Waals surface area contributed by atoms with Crippen molar-refractivity contribution in [2.45, 2.75) is 51.4 Å². The zero-order valence-electron chi connectivity index (χ0n) is 9.63. The van der Waals surface area contributed by atoms with Gasteiger partial charge < -0.3 is 0 Å². The van der Waals surface area contributed by atoms with Crippen LogP contribution in [0.2, 0.25) is 0 Å². The quantitative estimate of drug-likeness (QED) is 0.626. The Morgan fingerprint density at radius 3 is 2.88 bits per heavy atom. The minimum atomic E-state index is -0.0240. The third-order valence-electron chi connectivity index (χ3n) is 6.34. The highest BCUT2D eigenvalue weighted by Gasteiger charge is 2.73. The van der Waals surface area contributed by atoms with Crippen LogP contribution in [0.3, 0.4) is 0 Å². The zero-order chi connectivity index (χ0) is 11.0. The van der Waals surface area contributed by atoms with Gasteiger partial charge in [0.1, 0.15) is 11.6 Å². The van der Waals surface area contributed by atoms with Crippen LogP contribution in [0.25, 0.3) is 0 Å². The molecule has 0 radical (unpaired) electrons. The predicted octanol–water partition coefficient (Wildman–Crippen LogP) is 2.51. The molecule has 4 atom stereocenters. The van der Waals surface area contributed by atoms with Crippen molar-refractivity contribution in [3.63, 3.8) is 0 Å². The number of carbonyl (C=O) groups is 2. The molecule has 4 fully saturated rings. The number of carbonyl (C=O) groups excluding carboxylic acids is 2. The maximum absolute atomic E-state index is 12.4. The van der Waals surface area contributed by atoms with Gasteiger partial charge >= 0.3 is 0 Å². The zero-order valence-corrected chi connectivity index (χ0v) is 9.63. The lowest BCUT2D eigenvalue weighted by Gasteiger charge is -2.38. The van der Waals surface area contributed by atoms with E-state index in [9.17, 15) is 9.59 Å². The van der Waals surface area contributed by atoms with Crippen molar-refractivity contribution in [2.75, 3.05) is 0 Å². The van der Waals surface area contributed by atoms with E-state index in [1.807, 2.05) is 0 Å². The number of rotatable bonds is 0. The molecule has 0 bridgehead atoms. The van der Waals surface area contributed by atoms with E-state index >= 15 is 0 Å². The largest absolute Gasteiger partial charge is 0.300 e. The average molecular weight is 218 g/mol. The van der Waals surface area contributed by atoms with Crippen LogP contribution in [0.15, 0.2) is 0 Å². The van der Waals surface area contributed by atoms with E-state index in [2.05, 4.69) is 0 Å². The summed E-state index contributed by atoms with van der Waals surface area (Å²) in [5.41, 5.74) is 0.117. The van der Waals surface area contributed by atoms with Crippen LogP contribution in [-0.2, 0) is 9.59 Å². The Balaban J connectivity index is 1.91. The molecule has 0 N–H and O–H groups in total. The third kappa shape index (κ3) is 0.742. The first kappa shape index (κ1) is 9.38. The fraction of sp³-hybridized carbons (Fsp3) is 0.857. The number of hydrogen-bond donors (Lipinski definition) is 0. The van der Waals surface area contributed by atoms with Crippen molar-refractivity contribution in [3.8, 4) is 0 Å². The fourth-order valence-corrected chi connectivity index (χ4v) is 5.99. The molecule has 0 aliphatic heterocycles. The molecule has 4 aliphatic carbocycles. The van der Waals surface area contributed by atoms with E-state index in [0.29, 0.717) is 23.4 Å². The first-order valence-electron chi connectivity index (χ1n) is 6.74. The summed E-state index contributed by atoms with van der Waals surface area (Å²) in [7, 11) is 0. The van der Waals surface area contributed by atoms with Gasteiger partial charge in [0, 0.05) is 24.7 Å². The minimum absolute atomic E-state index is 0.0240. The van der Waals surface area contributed by atoms with Crippen molar-refractivity contribution in [2.24, 2.45) is 22.7 Å². The van der Waals surface area contributed by atoms with E-state index in [-0.39, 0.29) is 10.8 Å². The van der Waals surface area contributed by atoms with E-state index in [4.69, 9.17) is 0 Å². The molecule has 0 aromatic carbocycles. The average Bonchev–Trinajstić information content (AvgIpc) is 2.88. The van der Waals surface area contributed by atoms with Gasteiger partial charge in [-0.3, -0.25) is 9.59 Å². The van der Waals surface area contributed by atoms with Gasteiger partial charge in [-0.1, -0.05) is 6.42 Å². The van der Waals surface area contributed by atoms with E-state index in [1.165, 1.54) is 19.3 Å². The Morgan fingerprint density at radius 1 is 1.12 bits per heavy atom. The molecule has 86 valence electrons. The lowest BCUT2D eigenvalue weighted by atomic mass is 9.63. The highest BCUT2D eigenvalue weighted by atomic mass is 16.1. The van der Waals surface area contributed by atoms with Gasteiger partial charge in [0.2, 0.25) is 0 Å². The molecular formula is C14H18O2. The number of ketones is 2. The van der Waals surface area contributed by atoms with Crippen LogP contribution in [0.4, 0.5) is 0 Å². The molecule has 0 saturated heterocycles. The smallest absolute Gasteiger partial charge is 0.139 e.